The lowest BCUT2D eigenvalue weighted by molar-refractivity contribution is -0.131. The van der Waals surface area contributed by atoms with Crippen molar-refractivity contribution < 1.29 is 55.0 Å². The molecule has 4 aromatic rings. The number of sulfone groups is 1. The number of benzene rings is 3. The van der Waals surface area contributed by atoms with Gasteiger partial charge in [0.05, 0.1) is 16.3 Å². The fourth-order valence-corrected chi connectivity index (χ4v) is 8.55. The fraction of sp³-hybridized carbons (Fsp3) is 0.419. The quantitative estimate of drug-likeness (QED) is 0.174. The zero-order valence-corrected chi connectivity index (χ0v) is 35.6. The summed E-state index contributed by atoms with van der Waals surface area (Å²) < 4.78 is 85.7. The van der Waals surface area contributed by atoms with Crippen LogP contribution in [0, 0.1) is 5.82 Å². The summed E-state index contributed by atoms with van der Waals surface area (Å²) in [5.74, 6) is -2.05. The molecule has 14 nitrogen and oxygen atoms in total. The first-order chi connectivity index (χ1) is 28.5. The molecule has 2 aliphatic rings. The number of alkyl halides is 2. The largest absolute Gasteiger partial charge is 0.487 e. The Morgan fingerprint density at radius 3 is 2.21 bits per heavy atom. The van der Waals surface area contributed by atoms with Crippen LogP contribution < -0.4 is 20.3 Å². The SMILES string of the molecule is CN1Cc2cc(ccc2S(=O)(=O)C2CC2)NC(=O)CCc2cc(ccc2OCC(F)F)C(Nc2ccc3c(N(C(=O)OC(C)(C)C)C(=O)OC(C)(C)C)ncc(F)c3c2)C1=O. The molecule has 1 unspecified atom stereocenters. The molecule has 1 aromatic heterocycles. The van der Waals surface area contributed by atoms with Crippen molar-refractivity contribution in [1.82, 2.24) is 9.88 Å². The van der Waals surface area contributed by atoms with E-state index in [2.05, 4.69) is 15.6 Å². The Kier molecular flexibility index (Phi) is 12.6. The molecule has 18 heteroatoms. The number of halogens is 3. The Labute approximate surface area is 351 Å². The lowest BCUT2D eigenvalue weighted by Crippen LogP contribution is -2.44. The van der Waals surface area contributed by atoms with Gasteiger partial charge in [0, 0.05) is 42.2 Å². The number of hydrogen-bond acceptors (Lipinski definition) is 11. The summed E-state index contributed by atoms with van der Waals surface area (Å²) in [6.07, 6.45) is -3.30. The van der Waals surface area contributed by atoms with Crippen LogP contribution in [0.3, 0.4) is 0 Å². The summed E-state index contributed by atoms with van der Waals surface area (Å²) in [5.41, 5.74) is -0.643. The van der Waals surface area contributed by atoms with Crippen LogP contribution in [-0.4, -0.2) is 78.8 Å². The van der Waals surface area contributed by atoms with Gasteiger partial charge in [-0.2, -0.15) is 4.90 Å². The highest BCUT2D eigenvalue weighted by Gasteiger charge is 2.39. The molecule has 1 atom stereocenters. The van der Waals surface area contributed by atoms with E-state index in [0.717, 1.165) is 6.20 Å². The van der Waals surface area contributed by atoms with Crippen molar-refractivity contribution in [2.75, 3.05) is 29.2 Å². The van der Waals surface area contributed by atoms with E-state index < -0.39 is 75.2 Å². The standard InChI is InChI=1S/C43H48F3N5O9S/c1-42(2,3)59-40(54)51(41(55)60-43(4,5)6)38-30-14-10-28(20-31(30)32(44)21-47-38)49-37-25-8-15-33(58-23-35(45)46)24(18-25)9-17-36(52)48-27-11-16-34(61(56,57)29-12-13-29)26(19-27)22-50(7)39(37)53/h8,10-11,14-16,18-21,29,35,37,49H,9,12-13,17,22-23H2,1-7H3,(H,48,52). The summed E-state index contributed by atoms with van der Waals surface area (Å²) in [7, 11) is -2.27. The number of ether oxygens (including phenoxy) is 3. The molecule has 1 fully saturated rings. The molecule has 6 rings (SSSR count). The van der Waals surface area contributed by atoms with Crippen molar-refractivity contribution in [3.05, 3.63) is 83.3 Å². The Balaban J connectivity index is 1.44. The first-order valence-corrected chi connectivity index (χ1v) is 21.1. The van der Waals surface area contributed by atoms with Crippen molar-refractivity contribution in [2.24, 2.45) is 0 Å². The molecule has 4 bridgehead atoms. The van der Waals surface area contributed by atoms with Crippen LogP contribution in [-0.2, 0) is 41.9 Å². The number of aromatic nitrogens is 1. The van der Waals surface area contributed by atoms with E-state index in [1.807, 2.05) is 0 Å². The second kappa shape index (κ2) is 17.2. The van der Waals surface area contributed by atoms with Crippen LogP contribution in [0.25, 0.3) is 10.8 Å². The minimum absolute atomic E-state index is 0.0127. The number of anilines is 3. The lowest BCUT2D eigenvalue weighted by Gasteiger charge is -2.29. The number of nitrogens with zero attached hydrogens (tertiary/aromatic N) is 3. The second-order valence-electron chi connectivity index (χ2n) is 16.9. The van der Waals surface area contributed by atoms with E-state index in [-0.39, 0.29) is 57.9 Å². The first-order valence-electron chi connectivity index (χ1n) is 19.6. The molecule has 0 radical (unpaired) electrons. The molecule has 0 spiro atoms. The number of nitrogens with one attached hydrogen (secondary N) is 2. The van der Waals surface area contributed by atoms with E-state index >= 15 is 4.39 Å². The average molecular weight is 868 g/mol. The van der Waals surface area contributed by atoms with Gasteiger partial charge in [0.15, 0.2) is 15.7 Å². The van der Waals surface area contributed by atoms with Gasteiger partial charge in [-0.15, -0.1) is 0 Å². The number of pyridine rings is 1. The molecule has 0 saturated heterocycles. The van der Waals surface area contributed by atoms with Gasteiger partial charge in [0.2, 0.25) is 11.8 Å². The fourth-order valence-electron chi connectivity index (χ4n) is 6.69. The summed E-state index contributed by atoms with van der Waals surface area (Å²) in [6.45, 7) is 8.51. The zero-order chi connectivity index (χ0) is 44.6. The predicted octanol–water partition coefficient (Wildman–Crippen LogP) is 8.33. The van der Waals surface area contributed by atoms with E-state index in [4.69, 9.17) is 14.2 Å². The van der Waals surface area contributed by atoms with Gasteiger partial charge in [-0.1, -0.05) is 6.07 Å². The maximum absolute atomic E-state index is 15.8. The maximum atomic E-state index is 15.8. The number of imide groups is 1. The summed E-state index contributed by atoms with van der Waals surface area (Å²) >= 11 is 0. The minimum atomic E-state index is -3.75. The average Bonchev–Trinajstić information content (AvgIpc) is 4.01. The molecule has 2 N–H and O–H groups in total. The zero-order valence-electron chi connectivity index (χ0n) is 34.8. The van der Waals surface area contributed by atoms with Crippen molar-refractivity contribution in [3.63, 3.8) is 0 Å². The number of rotatable bonds is 8. The Bertz CT molecular complexity index is 2460. The third-order valence-electron chi connectivity index (χ3n) is 9.54. The molecule has 4 amide bonds. The second-order valence-corrected chi connectivity index (χ2v) is 19.1. The summed E-state index contributed by atoms with van der Waals surface area (Å²) in [5, 5.41) is 5.27. The van der Waals surface area contributed by atoms with Gasteiger partial charge in [0.25, 0.3) is 6.43 Å². The summed E-state index contributed by atoms with van der Waals surface area (Å²) in [4.78, 5) is 60.8. The van der Waals surface area contributed by atoms with Crippen molar-refractivity contribution in [2.45, 2.75) is 108 Å². The third-order valence-corrected chi connectivity index (χ3v) is 11.9. The molecule has 326 valence electrons. The van der Waals surface area contributed by atoms with Crippen molar-refractivity contribution >= 4 is 61.8 Å². The number of fused-ring (bicyclic) bond motifs is 5. The normalized spacial score (nSPS) is 16.4. The molecule has 1 aliphatic heterocycles. The van der Waals surface area contributed by atoms with Crippen LogP contribution >= 0.6 is 0 Å². The molecular weight excluding hydrogens is 820 g/mol. The van der Waals surface area contributed by atoms with Gasteiger partial charge in [-0.25, -0.2) is 36.2 Å². The molecular formula is C43H48F3N5O9S. The monoisotopic (exact) mass is 867 g/mol. The first kappa shape index (κ1) is 44.6. The van der Waals surface area contributed by atoms with Crippen LogP contribution in [0.4, 0.5) is 40.0 Å². The smallest absolute Gasteiger partial charge is 0.425 e. The predicted molar refractivity (Wildman–Crippen MR) is 221 cm³/mol. The lowest BCUT2D eigenvalue weighted by atomic mass is 9.98. The number of carbonyl (C=O) groups is 4. The Hall–Kier alpha value is -5.91. The third kappa shape index (κ3) is 10.7. The van der Waals surface area contributed by atoms with Crippen LogP contribution in [0.5, 0.6) is 5.75 Å². The molecule has 1 aliphatic carbocycles. The van der Waals surface area contributed by atoms with Gasteiger partial charge >= 0.3 is 12.2 Å². The van der Waals surface area contributed by atoms with E-state index in [0.29, 0.717) is 34.6 Å². The van der Waals surface area contributed by atoms with E-state index in [1.165, 1.54) is 60.5 Å². The highest BCUT2D eigenvalue weighted by molar-refractivity contribution is 7.92. The van der Waals surface area contributed by atoms with Gasteiger partial charge < -0.3 is 29.7 Å². The number of carbonyl (C=O) groups excluding carboxylic acids is 4. The Morgan fingerprint density at radius 2 is 1.59 bits per heavy atom. The van der Waals surface area contributed by atoms with Crippen LogP contribution in [0.2, 0.25) is 0 Å². The van der Waals surface area contributed by atoms with E-state index in [9.17, 15) is 36.4 Å². The summed E-state index contributed by atoms with van der Waals surface area (Å²) in [6, 6.07) is 11.8. The molecule has 61 heavy (non-hydrogen) atoms. The van der Waals surface area contributed by atoms with Crippen molar-refractivity contribution in [1.29, 1.82) is 0 Å². The van der Waals surface area contributed by atoms with Crippen LogP contribution in [0.15, 0.2) is 65.7 Å². The van der Waals surface area contributed by atoms with Gasteiger partial charge in [-0.05, 0) is 126 Å². The minimum Gasteiger partial charge on any atom is -0.487 e. The highest BCUT2D eigenvalue weighted by atomic mass is 32.2. The number of aryl methyl sites for hydroxylation is 1. The highest BCUT2D eigenvalue weighted by Crippen LogP contribution is 2.38. The van der Waals surface area contributed by atoms with Gasteiger partial charge in [0.1, 0.15) is 35.4 Å². The van der Waals surface area contributed by atoms with Gasteiger partial charge in [-0.3, -0.25) is 9.59 Å². The number of likely N-dealkylation sites (N-methyl/N-ethyl adjacent to an activating group) is 1. The molecule has 1 saturated carbocycles. The van der Waals surface area contributed by atoms with E-state index in [1.54, 1.807) is 47.6 Å². The van der Waals surface area contributed by atoms with Crippen molar-refractivity contribution in [3.8, 4) is 5.75 Å². The topological polar surface area (TPSA) is 174 Å². The molecule has 2 heterocycles. The maximum Gasteiger partial charge on any atom is 0.425 e. The van der Waals surface area contributed by atoms with Crippen LogP contribution in [0.1, 0.15) is 83.5 Å². The number of hydrogen-bond donors (Lipinski definition) is 2. The number of amides is 4. The molecule has 3 aromatic carbocycles. The Morgan fingerprint density at radius 1 is 0.918 bits per heavy atom.